The first-order chi connectivity index (χ1) is 36.9. The molecule has 2 bridgehead atoms. The van der Waals surface area contributed by atoms with Crippen LogP contribution >= 0.6 is 0 Å². The zero-order valence-corrected chi connectivity index (χ0v) is 43.4. The highest BCUT2D eigenvalue weighted by Gasteiger charge is 2.57. The van der Waals surface area contributed by atoms with Gasteiger partial charge in [-0.15, -0.1) is 0 Å². The molecule has 2 aliphatic heterocycles. The average Bonchev–Trinajstić information content (AvgIpc) is 3.95. The molecule has 6 rings (SSSR count). The van der Waals surface area contributed by atoms with E-state index in [9.17, 15) is 64.5 Å². The maximum Gasteiger partial charge on any atom is 0.407 e. The molecule has 0 saturated carbocycles. The summed E-state index contributed by atoms with van der Waals surface area (Å²) >= 11 is 0. The van der Waals surface area contributed by atoms with Crippen molar-refractivity contribution in [3.63, 3.8) is 0 Å². The van der Waals surface area contributed by atoms with Crippen molar-refractivity contribution in [1.29, 1.82) is 0 Å². The van der Waals surface area contributed by atoms with Crippen molar-refractivity contribution in [2.24, 2.45) is 10.8 Å². The number of anilines is 1. The number of alkyl carbamates (subject to hydrolysis) is 1. The zero-order chi connectivity index (χ0) is 58.4. The third kappa shape index (κ3) is 15.1. The second kappa shape index (κ2) is 24.8. The van der Waals surface area contributed by atoms with Gasteiger partial charge in [-0.1, -0.05) is 24.0 Å². The summed E-state index contributed by atoms with van der Waals surface area (Å²) in [6.07, 6.45) is -16.8. The highest BCUT2D eigenvalue weighted by Crippen LogP contribution is 2.42. The van der Waals surface area contributed by atoms with Crippen molar-refractivity contribution in [3.8, 4) is 23.1 Å². The van der Waals surface area contributed by atoms with Crippen LogP contribution in [0.2, 0.25) is 0 Å². The Morgan fingerprint density at radius 1 is 0.835 bits per heavy atom. The van der Waals surface area contributed by atoms with Crippen LogP contribution in [-0.4, -0.2) is 161 Å². The fourth-order valence-electron chi connectivity index (χ4n) is 8.68. The number of piperazine rings is 1. The minimum Gasteiger partial charge on any atom is -0.465 e. The Balaban J connectivity index is 1.33. The van der Waals surface area contributed by atoms with E-state index < -0.39 is 121 Å². The maximum absolute atomic E-state index is 16.0. The number of halogens is 10. The number of pyridine rings is 1. The number of aromatic nitrogens is 3. The van der Waals surface area contributed by atoms with Gasteiger partial charge in [-0.25, -0.2) is 37.1 Å². The Kier molecular flexibility index (Phi) is 19.2. The largest absolute Gasteiger partial charge is 0.465 e. The molecule has 2 aromatic heterocycles. The van der Waals surface area contributed by atoms with E-state index in [2.05, 4.69) is 48.8 Å². The Morgan fingerprint density at radius 2 is 1.41 bits per heavy atom. The number of carboxylic acid groups (broad SMARTS) is 1. The fraction of sp³-hybridized carbons (Fsp3) is 0.490. The number of ether oxygens (including phenoxy) is 2. The number of methoxy groups -OCH3 is 1. The number of hydrogen-bond donors (Lipinski definition) is 6. The minimum atomic E-state index is -5.28. The van der Waals surface area contributed by atoms with Gasteiger partial charge in [0, 0.05) is 60.8 Å². The van der Waals surface area contributed by atoms with Crippen molar-refractivity contribution >= 4 is 29.8 Å². The van der Waals surface area contributed by atoms with E-state index in [0.717, 1.165) is 36.9 Å². The van der Waals surface area contributed by atoms with E-state index >= 15 is 8.78 Å². The van der Waals surface area contributed by atoms with Crippen LogP contribution in [0.15, 0.2) is 67.0 Å². The summed E-state index contributed by atoms with van der Waals surface area (Å²) in [5.74, 6) is 0.617. The van der Waals surface area contributed by atoms with Gasteiger partial charge in [0.2, 0.25) is 5.91 Å². The Hall–Kier alpha value is -7.22. The number of hydrazine groups is 1. The topological polar surface area (TPSA) is 216 Å². The molecular weight excluding hydrogens is 1070 g/mol. The first-order valence-electron chi connectivity index (χ1n) is 24.3. The monoisotopic (exact) mass is 1130 g/mol. The molecule has 4 heterocycles. The van der Waals surface area contributed by atoms with Gasteiger partial charge < -0.3 is 40.5 Å². The van der Waals surface area contributed by atoms with Gasteiger partial charge in [-0.05, 0) is 89.2 Å². The summed E-state index contributed by atoms with van der Waals surface area (Å²) < 4.78 is 156. The summed E-state index contributed by atoms with van der Waals surface area (Å²) in [7, 11) is 2.88. The predicted molar refractivity (Wildman–Crippen MR) is 263 cm³/mol. The molecule has 18 nitrogen and oxygen atoms in total. The van der Waals surface area contributed by atoms with Crippen molar-refractivity contribution < 1.29 is 82.8 Å². The number of alkyl halides is 8. The molecule has 4 amide bonds. The number of carbonyl (C=O) groups excluding carboxylic acids is 3. The number of likely N-dealkylation sites (N-methyl/N-ethyl adjacent to an activating group) is 1. The number of rotatable bonds is 19. The molecule has 0 spiro atoms. The molecule has 430 valence electrons. The molecule has 2 aliphatic rings. The predicted octanol–water partition coefficient (Wildman–Crippen LogP) is 5.87. The Labute approximate surface area is 446 Å². The summed E-state index contributed by atoms with van der Waals surface area (Å²) in [5.41, 5.74) is -4.40. The molecule has 4 aromatic rings. The van der Waals surface area contributed by atoms with Gasteiger partial charge in [0.05, 0.1) is 61.1 Å². The number of morpholine rings is 1. The molecule has 0 radical (unpaired) electrons. The van der Waals surface area contributed by atoms with Gasteiger partial charge in [-0.3, -0.25) is 24.6 Å². The van der Waals surface area contributed by atoms with Crippen molar-refractivity contribution in [3.05, 3.63) is 101 Å². The minimum absolute atomic E-state index is 0.169. The average molecular weight is 1130 g/mol. The van der Waals surface area contributed by atoms with Gasteiger partial charge in [0.1, 0.15) is 36.1 Å². The molecule has 2 saturated heterocycles. The van der Waals surface area contributed by atoms with E-state index in [1.165, 1.54) is 35.6 Å². The Morgan fingerprint density at radius 3 is 1.94 bits per heavy atom. The Bertz CT molecular complexity index is 2820. The van der Waals surface area contributed by atoms with E-state index in [1.807, 2.05) is 16.8 Å². The highest BCUT2D eigenvalue weighted by molar-refractivity contribution is 5.87. The number of hydrogen-bond acceptors (Lipinski definition) is 12. The summed E-state index contributed by atoms with van der Waals surface area (Å²) in [5, 5.41) is 31.4. The zero-order valence-electron chi connectivity index (χ0n) is 43.4. The van der Waals surface area contributed by atoms with Crippen molar-refractivity contribution in [1.82, 2.24) is 46.0 Å². The van der Waals surface area contributed by atoms with Crippen LogP contribution in [0.25, 0.3) is 11.3 Å². The third-order valence-electron chi connectivity index (χ3n) is 13.8. The number of fused-ring (bicyclic) bond motifs is 2. The number of nitrogens with one attached hydrogen (secondary N) is 4. The van der Waals surface area contributed by atoms with E-state index in [0.29, 0.717) is 69.2 Å². The number of carbonyl (C=O) groups is 4. The van der Waals surface area contributed by atoms with Gasteiger partial charge in [0.25, 0.3) is 12.3 Å². The SMILES string of the molecule is COC(=O)NC(C(=O)NC(Cc1ccc(C#Cc2ccc(N3CC4COCC(C3)N4C)nc2)cc1)C(O)CN(Cc1c(F)cc(-c2ccn(CC(F)F)n2)cc1F)NC(=O)C(NC(=O)O)C(C)(C)C(F)(F)F)C(C)(C)C(F)(F)F. The van der Waals surface area contributed by atoms with Crippen LogP contribution in [0, 0.1) is 34.3 Å². The first kappa shape index (κ1) is 61.0. The van der Waals surface area contributed by atoms with Crippen LogP contribution in [0.5, 0.6) is 0 Å². The molecule has 2 aromatic carbocycles. The number of nitrogens with zero attached hydrogens (tertiary/aromatic N) is 6. The lowest BCUT2D eigenvalue weighted by Crippen LogP contribution is -2.63. The summed E-state index contributed by atoms with van der Waals surface area (Å²) in [4.78, 5) is 61.1. The maximum atomic E-state index is 16.0. The summed E-state index contributed by atoms with van der Waals surface area (Å²) in [6, 6.07) is 5.70. The highest BCUT2D eigenvalue weighted by atomic mass is 19.4. The van der Waals surface area contributed by atoms with E-state index in [4.69, 9.17) is 4.74 Å². The number of amides is 4. The van der Waals surface area contributed by atoms with Crippen LogP contribution in [0.4, 0.5) is 59.3 Å². The van der Waals surface area contributed by atoms with Crippen molar-refractivity contribution in [2.45, 2.75) is 102 Å². The molecule has 0 aliphatic carbocycles. The first-order valence-corrected chi connectivity index (χ1v) is 24.3. The quantitative estimate of drug-likeness (QED) is 0.0369. The molecule has 28 heteroatoms. The molecule has 6 unspecified atom stereocenters. The normalized spacial score (nSPS) is 17.7. The smallest absolute Gasteiger partial charge is 0.407 e. The van der Waals surface area contributed by atoms with E-state index in [1.54, 1.807) is 12.3 Å². The number of benzene rings is 2. The standard InChI is InChI=1S/C51H58F10N10O8/c1-48(2,50(56,57)58)42(65-47(77)78-6)44(73)63-38(17-29-10-7-28(8-11-29)9-12-30-13-14-41(62-20-30)69-21-32-26-79-27-33(22-69)68(32)5)39(72)24-71(67-45(74)43(64-46(75)76)49(3,4)51(59,60)61)23-34-35(52)18-31(19-36(34)53)37-15-16-70(66-37)25-40(54)55/h7-8,10-11,13-16,18-20,32-33,38-40,42-43,64,72H,17,21-27H2,1-6H3,(H,63,73)(H,65,77)(H,67,74)(H,75,76). The lowest BCUT2D eigenvalue weighted by atomic mass is 9.82. The van der Waals surface area contributed by atoms with E-state index in [-0.39, 0.29) is 28.9 Å². The lowest BCUT2D eigenvalue weighted by molar-refractivity contribution is -0.221. The van der Waals surface area contributed by atoms with Gasteiger partial charge in [0.15, 0.2) is 0 Å². The fourth-order valence-corrected chi connectivity index (χ4v) is 8.68. The summed E-state index contributed by atoms with van der Waals surface area (Å²) in [6.45, 7) is 1.60. The second-order valence-electron chi connectivity index (χ2n) is 20.1. The molecule has 6 atom stereocenters. The third-order valence-corrected chi connectivity index (χ3v) is 13.8. The van der Waals surface area contributed by atoms with Gasteiger partial charge >= 0.3 is 24.5 Å². The second-order valence-corrected chi connectivity index (χ2v) is 20.1. The van der Waals surface area contributed by atoms with Crippen LogP contribution in [0.3, 0.4) is 0 Å². The number of aliphatic hydroxyl groups excluding tert-OH is 1. The van der Waals surface area contributed by atoms with Gasteiger partial charge in [-0.2, -0.15) is 31.4 Å². The van der Waals surface area contributed by atoms with Crippen LogP contribution in [-0.2, 0) is 38.6 Å². The molecule has 6 N–H and O–H groups in total. The van der Waals surface area contributed by atoms with Crippen LogP contribution < -0.4 is 26.3 Å². The van der Waals surface area contributed by atoms with Crippen LogP contribution in [0.1, 0.15) is 49.9 Å². The number of aliphatic hydroxyl groups is 1. The molecule has 2 fully saturated rings. The molecule has 79 heavy (non-hydrogen) atoms. The molecular formula is C51H58F10N10O8. The lowest BCUT2D eigenvalue weighted by Gasteiger charge is -2.48. The van der Waals surface area contributed by atoms with Crippen molar-refractivity contribution in [2.75, 3.05) is 51.9 Å².